The number of nitrogens with zero attached hydrogens (tertiary/aromatic N) is 1. The number of nitrogens with one attached hydrogen (secondary N) is 1. The summed E-state index contributed by atoms with van der Waals surface area (Å²) in [4.78, 5) is 2.78. The molecule has 1 aliphatic heterocycles. The Balaban J connectivity index is 1.37. The van der Waals surface area contributed by atoms with E-state index in [0.29, 0.717) is 0 Å². The standard InChI is InChI=1S/C18H32N2/c1-15-7-9-16(10-8-15)13-19-17-11-12-20(14-17)18-5-3-2-4-6-18/h7,16-19H,2-6,8-14H2,1H3. The van der Waals surface area contributed by atoms with Crippen LogP contribution in [0.15, 0.2) is 11.6 Å². The highest BCUT2D eigenvalue weighted by Gasteiger charge is 2.29. The van der Waals surface area contributed by atoms with E-state index in [1.165, 1.54) is 77.4 Å². The molecule has 0 spiro atoms. The molecular weight excluding hydrogens is 244 g/mol. The third-order valence-electron chi connectivity index (χ3n) is 5.75. The van der Waals surface area contributed by atoms with Gasteiger partial charge in [0.2, 0.25) is 0 Å². The third kappa shape index (κ3) is 3.85. The first kappa shape index (κ1) is 14.6. The minimum Gasteiger partial charge on any atom is -0.312 e. The van der Waals surface area contributed by atoms with Gasteiger partial charge in [0.05, 0.1) is 0 Å². The molecule has 2 aliphatic carbocycles. The Labute approximate surface area is 125 Å². The van der Waals surface area contributed by atoms with Crippen molar-refractivity contribution in [3.63, 3.8) is 0 Å². The Morgan fingerprint density at radius 2 is 2.00 bits per heavy atom. The Bertz CT molecular complexity index is 330. The molecule has 2 unspecified atom stereocenters. The molecule has 3 aliphatic rings. The second-order valence-electron chi connectivity index (χ2n) is 7.37. The molecule has 0 aromatic rings. The van der Waals surface area contributed by atoms with Crippen molar-refractivity contribution < 1.29 is 0 Å². The highest BCUT2D eigenvalue weighted by atomic mass is 15.2. The van der Waals surface area contributed by atoms with Crippen LogP contribution in [0.3, 0.4) is 0 Å². The average Bonchev–Trinajstić information content (AvgIpc) is 2.97. The highest BCUT2D eigenvalue weighted by molar-refractivity contribution is 5.03. The first-order valence-electron chi connectivity index (χ1n) is 8.94. The molecule has 0 bridgehead atoms. The van der Waals surface area contributed by atoms with Gasteiger partial charge < -0.3 is 5.32 Å². The predicted octanol–water partition coefficient (Wildman–Crippen LogP) is 3.73. The first-order chi connectivity index (χ1) is 9.81. The van der Waals surface area contributed by atoms with E-state index in [1.807, 2.05) is 0 Å². The van der Waals surface area contributed by atoms with Gasteiger partial charge in [0.15, 0.2) is 0 Å². The summed E-state index contributed by atoms with van der Waals surface area (Å²) in [5.41, 5.74) is 1.60. The lowest BCUT2D eigenvalue weighted by molar-refractivity contribution is 0.186. The van der Waals surface area contributed by atoms with Crippen LogP contribution in [0.4, 0.5) is 0 Å². The summed E-state index contributed by atoms with van der Waals surface area (Å²) in [7, 11) is 0. The van der Waals surface area contributed by atoms with Gasteiger partial charge in [-0.25, -0.2) is 0 Å². The van der Waals surface area contributed by atoms with E-state index in [0.717, 1.165) is 18.0 Å². The zero-order valence-electron chi connectivity index (χ0n) is 13.2. The fourth-order valence-electron chi connectivity index (χ4n) is 4.27. The number of likely N-dealkylation sites (tertiary alicyclic amines) is 1. The van der Waals surface area contributed by atoms with Crippen molar-refractivity contribution in [1.29, 1.82) is 0 Å². The van der Waals surface area contributed by atoms with Gasteiger partial charge in [0.25, 0.3) is 0 Å². The molecule has 3 rings (SSSR count). The van der Waals surface area contributed by atoms with Crippen LogP contribution in [0.25, 0.3) is 0 Å². The molecule has 1 heterocycles. The number of allylic oxidation sites excluding steroid dienone is 2. The van der Waals surface area contributed by atoms with Crippen LogP contribution < -0.4 is 5.32 Å². The zero-order valence-corrected chi connectivity index (χ0v) is 13.2. The summed E-state index contributed by atoms with van der Waals surface area (Å²) in [6.07, 6.45) is 15.2. The van der Waals surface area contributed by atoms with Crippen molar-refractivity contribution in [3.05, 3.63) is 11.6 Å². The molecular formula is C18H32N2. The smallest absolute Gasteiger partial charge is 0.0207 e. The van der Waals surface area contributed by atoms with Gasteiger partial charge in [-0.1, -0.05) is 30.9 Å². The van der Waals surface area contributed by atoms with Gasteiger partial charge in [0, 0.05) is 25.2 Å². The summed E-state index contributed by atoms with van der Waals surface area (Å²) in [6.45, 7) is 6.17. The summed E-state index contributed by atoms with van der Waals surface area (Å²) in [5.74, 6) is 0.891. The monoisotopic (exact) mass is 276 g/mol. The van der Waals surface area contributed by atoms with Gasteiger partial charge in [-0.15, -0.1) is 0 Å². The van der Waals surface area contributed by atoms with Crippen molar-refractivity contribution in [2.24, 2.45) is 5.92 Å². The third-order valence-corrected chi connectivity index (χ3v) is 5.75. The van der Waals surface area contributed by atoms with Crippen LogP contribution in [0.2, 0.25) is 0 Å². The van der Waals surface area contributed by atoms with Crippen LogP contribution in [0.5, 0.6) is 0 Å². The van der Waals surface area contributed by atoms with E-state index < -0.39 is 0 Å². The summed E-state index contributed by atoms with van der Waals surface area (Å²) in [6, 6.07) is 1.68. The molecule has 0 aromatic carbocycles. The molecule has 114 valence electrons. The van der Waals surface area contributed by atoms with Crippen LogP contribution in [-0.4, -0.2) is 36.6 Å². The number of hydrogen-bond acceptors (Lipinski definition) is 2. The van der Waals surface area contributed by atoms with E-state index in [-0.39, 0.29) is 0 Å². The summed E-state index contributed by atoms with van der Waals surface area (Å²) < 4.78 is 0. The van der Waals surface area contributed by atoms with Gasteiger partial charge in [0.1, 0.15) is 0 Å². The van der Waals surface area contributed by atoms with Crippen LogP contribution in [0.1, 0.15) is 64.7 Å². The maximum atomic E-state index is 3.86. The van der Waals surface area contributed by atoms with Crippen LogP contribution in [0, 0.1) is 5.92 Å². The highest BCUT2D eigenvalue weighted by Crippen LogP contribution is 2.26. The van der Waals surface area contributed by atoms with Crippen molar-refractivity contribution in [1.82, 2.24) is 10.2 Å². The molecule has 2 fully saturated rings. The lowest BCUT2D eigenvalue weighted by Crippen LogP contribution is -2.39. The van der Waals surface area contributed by atoms with Crippen molar-refractivity contribution in [2.45, 2.75) is 76.8 Å². The molecule has 0 radical (unpaired) electrons. The first-order valence-corrected chi connectivity index (χ1v) is 8.94. The summed E-state index contributed by atoms with van der Waals surface area (Å²) in [5, 5.41) is 3.86. The van der Waals surface area contributed by atoms with Gasteiger partial charge >= 0.3 is 0 Å². The predicted molar refractivity (Wildman–Crippen MR) is 86.0 cm³/mol. The molecule has 1 N–H and O–H groups in total. The van der Waals surface area contributed by atoms with Gasteiger partial charge in [-0.2, -0.15) is 0 Å². The van der Waals surface area contributed by atoms with E-state index in [2.05, 4.69) is 23.2 Å². The Morgan fingerprint density at radius 3 is 2.75 bits per heavy atom. The molecule has 2 nitrogen and oxygen atoms in total. The molecule has 2 atom stereocenters. The maximum absolute atomic E-state index is 3.86. The molecule has 1 saturated heterocycles. The van der Waals surface area contributed by atoms with Gasteiger partial charge in [-0.3, -0.25) is 4.90 Å². The van der Waals surface area contributed by atoms with Crippen molar-refractivity contribution in [3.8, 4) is 0 Å². The Hall–Kier alpha value is -0.340. The van der Waals surface area contributed by atoms with E-state index in [9.17, 15) is 0 Å². The minimum absolute atomic E-state index is 0.768. The number of rotatable bonds is 4. The molecule has 2 heteroatoms. The summed E-state index contributed by atoms with van der Waals surface area (Å²) >= 11 is 0. The Morgan fingerprint density at radius 1 is 1.15 bits per heavy atom. The lowest BCUT2D eigenvalue weighted by atomic mass is 9.90. The largest absolute Gasteiger partial charge is 0.312 e. The van der Waals surface area contributed by atoms with Crippen molar-refractivity contribution >= 4 is 0 Å². The molecule has 1 saturated carbocycles. The lowest BCUT2D eigenvalue weighted by Gasteiger charge is -2.31. The molecule has 0 amide bonds. The molecule has 20 heavy (non-hydrogen) atoms. The Kier molecular flexibility index (Phi) is 5.17. The fourth-order valence-corrected chi connectivity index (χ4v) is 4.27. The SMILES string of the molecule is CC1=CCC(CNC2CCN(C3CCCCC3)C2)CC1. The minimum atomic E-state index is 0.768. The second kappa shape index (κ2) is 7.09. The van der Waals surface area contributed by atoms with Crippen molar-refractivity contribution in [2.75, 3.05) is 19.6 Å². The van der Waals surface area contributed by atoms with E-state index >= 15 is 0 Å². The molecule has 0 aromatic heterocycles. The maximum Gasteiger partial charge on any atom is 0.0207 e. The van der Waals surface area contributed by atoms with Crippen LogP contribution >= 0.6 is 0 Å². The average molecular weight is 276 g/mol. The topological polar surface area (TPSA) is 15.3 Å². The van der Waals surface area contributed by atoms with Gasteiger partial charge in [-0.05, 0) is 57.9 Å². The fraction of sp³-hybridized carbons (Fsp3) is 0.889. The second-order valence-corrected chi connectivity index (χ2v) is 7.37. The normalized spacial score (nSPS) is 33.4. The number of hydrogen-bond donors (Lipinski definition) is 1. The van der Waals surface area contributed by atoms with E-state index in [1.54, 1.807) is 5.57 Å². The quantitative estimate of drug-likeness (QED) is 0.787. The van der Waals surface area contributed by atoms with Crippen LogP contribution in [-0.2, 0) is 0 Å². The zero-order chi connectivity index (χ0) is 13.8. The van der Waals surface area contributed by atoms with E-state index in [4.69, 9.17) is 0 Å².